The molecule has 1 rings (SSSR count). The molecule has 0 aliphatic carbocycles. The summed E-state index contributed by atoms with van der Waals surface area (Å²) in [6.07, 6.45) is 0. The van der Waals surface area contributed by atoms with Crippen molar-refractivity contribution in [1.82, 2.24) is 4.90 Å². The first-order valence-electron chi connectivity index (χ1n) is 6.70. The van der Waals surface area contributed by atoms with Crippen LogP contribution in [-0.4, -0.2) is 35.1 Å². The monoisotopic (exact) mass is 280 g/mol. The van der Waals surface area contributed by atoms with Crippen molar-refractivity contribution in [2.45, 2.75) is 39.8 Å². The highest BCUT2D eigenvalue weighted by Gasteiger charge is 2.12. The van der Waals surface area contributed by atoms with Gasteiger partial charge in [-0.05, 0) is 52.0 Å². The molecule has 0 aliphatic rings. The van der Waals surface area contributed by atoms with Crippen molar-refractivity contribution in [2.75, 3.05) is 13.2 Å². The van der Waals surface area contributed by atoms with E-state index in [0.717, 1.165) is 17.9 Å². The minimum Gasteiger partial charge on any atom is -0.492 e. The lowest BCUT2D eigenvalue weighted by molar-refractivity contribution is 0.142. The summed E-state index contributed by atoms with van der Waals surface area (Å²) in [6.45, 7) is 10.4. The van der Waals surface area contributed by atoms with E-state index in [1.807, 2.05) is 24.3 Å². The molecule has 106 valence electrons. The van der Waals surface area contributed by atoms with E-state index in [2.05, 4.69) is 32.6 Å². The van der Waals surface area contributed by atoms with Gasteiger partial charge in [0, 0.05) is 24.2 Å². The molecule has 0 saturated carbocycles. The first-order chi connectivity index (χ1) is 8.91. The average Bonchev–Trinajstić information content (AvgIpc) is 2.34. The standard InChI is InChI=1S/C15H24N2OS/c1-11(2)17(12(3)4)9-10-18-14-7-5-13(6-8-14)15(16)19/h5-8,11-12H,9-10H2,1-4H3,(H2,16,19). The van der Waals surface area contributed by atoms with Crippen LogP contribution in [0.4, 0.5) is 0 Å². The molecule has 0 aromatic heterocycles. The summed E-state index contributed by atoms with van der Waals surface area (Å²) in [7, 11) is 0. The van der Waals surface area contributed by atoms with Crippen LogP contribution >= 0.6 is 12.2 Å². The molecular weight excluding hydrogens is 256 g/mol. The van der Waals surface area contributed by atoms with Gasteiger partial charge in [0.25, 0.3) is 0 Å². The predicted octanol–water partition coefficient (Wildman–Crippen LogP) is 2.82. The number of nitrogens with zero attached hydrogens (tertiary/aromatic N) is 1. The van der Waals surface area contributed by atoms with Crippen LogP contribution < -0.4 is 10.5 Å². The van der Waals surface area contributed by atoms with Gasteiger partial charge in [0.1, 0.15) is 17.3 Å². The Morgan fingerprint density at radius 2 is 1.68 bits per heavy atom. The summed E-state index contributed by atoms with van der Waals surface area (Å²) < 4.78 is 5.75. The molecule has 1 aromatic carbocycles. The topological polar surface area (TPSA) is 38.5 Å². The van der Waals surface area contributed by atoms with Gasteiger partial charge in [-0.25, -0.2) is 0 Å². The molecule has 0 heterocycles. The Balaban J connectivity index is 2.46. The van der Waals surface area contributed by atoms with Crippen molar-refractivity contribution in [2.24, 2.45) is 5.73 Å². The van der Waals surface area contributed by atoms with E-state index in [1.54, 1.807) is 0 Å². The lowest BCUT2D eigenvalue weighted by atomic mass is 10.2. The lowest BCUT2D eigenvalue weighted by Gasteiger charge is -2.30. The SMILES string of the molecule is CC(C)N(CCOc1ccc(C(N)=S)cc1)C(C)C. The predicted molar refractivity (Wildman–Crippen MR) is 84.8 cm³/mol. The fraction of sp³-hybridized carbons (Fsp3) is 0.533. The molecule has 19 heavy (non-hydrogen) atoms. The molecule has 0 unspecified atom stereocenters. The molecule has 4 heteroatoms. The highest BCUT2D eigenvalue weighted by Crippen LogP contribution is 2.12. The van der Waals surface area contributed by atoms with Gasteiger partial charge in [-0.3, -0.25) is 4.90 Å². The van der Waals surface area contributed by atoms with Crippen molar-refractivity contribution in [3.63, 3.8) is 0 Å². The van der Waals surface area contributed by atoms with Gasteiger partial charge < -0.3 is 10.5 Å². The third-order valence-corrected chi connectivity index (χ3v) is 3.32. The molecule has 1 aromatic rings. The summed E-state index contributed by atoms with van der Waals surface area (Å²) in [5.74, 6) is 0.854. The zero-order chi connectivity index (χ0) is 14.4. The molecule has 2 N–H and O–H groups in total. The molecule has 0 atom stereocenters. The average molecular weight is 280 g/mol. The van der Waals surface area contributed by atoms with Crippen molar-refractivity contribution in [1.29, 1.82) is 0 Å². The molecule has 0 amide bonds. The molecule has 0 spiro atoms. The largest absolute Gasteiger partial charge is 0.492 e. The van der Waals surface area contributed by atoms with Crippen LogP contribution in [0.15, 0.2) is 24.3 Å². The maximum Gasteiger partial charge on any atom is 0.119 e. The zero-order valence-electron chi connectivity index (χ0n) is 12.2. The van der Waals surface area contributed by atoms with Gasteiger partial charge in [0.15, 0.2) is 0 Å². The molecule has 0 radical (unpaired) electrons. The lowest BCUT2D eigenvalue weighted by Crippen LogP contribution is -2.39. The quantitative estimate of drug-likeness (QED) is 0.780. The third kappa shape index (κ3) is 5.17. The van der Waals surface area contributed by atoms with Crippen molar-refractivity contribution < 1.29 is 4.74 Å². The van der Waals surface area contributed by atoms with Gasteiger partial charge in [-0.2, -0.15) is 0 Å². The van der Waals surface area contributed by atoms with Crippen LogP contribution in [0.1, 0.15) is 33.3 Å². The summed E-state index contributed by atoms with van der Waals surface area (Å²) in [5, 5.41) is 0. The van der Waals surface area contributed by atoms with Gasteiger partial charge in [-0.15, -0.1) is 0 Å². The second-order valence-electron chi connectivity index (χ2n) is 5.16. The van der Waals surface area contributed by atoms with Crippen molar-refractivity contribution in [3.05, 3.63) is 29.8 Å². The van der Waals surface area contributed by atoms with Crippen LogP contribution in [0.25, 0.3) is 0 Å². The van der Waals surface area contributed by atoms with Crippen LogP contribution in [-0.2, 0) is 0 Å². The maximum absolute atomic E-state index is 5.75. The number of ether oxygens (including phenoxy) is 1. The molecule has 0 bridgehead atoms. The van der Waals surface area contributed by atoms with E-state index in [4.69, 9.17) is 22.7 Å². The molecule has 0 saturated heterocycles. The smallest absolute Gasteiger partial charge is 0.119 e. The Hall–Kier alpha value is -1.13. The van der Waals surface area contributed by atoms with E-state index in [-0.39, 0.29) is 0 Å². The Kier molecular flexibility index (Phi) is 6.25. The molecule has 0 aliphatic heterocycles. The van der Waals surface area contributed by atoms with Crippen molar-refractivity contribution in [3.8, 4) is 5.75 Å². The third-order valence-electron chi connectivity index (χ3n) is 3.08. The van der Waals surface area contributed by atoms with Crippen LogP contribution in [0.5, 0.6) is 5.75 Å². The Labute approximate surface area is 121 Å². The molecule has 0 fully saturated rings. The van der Waals surface area contributed by atoms with Gasteiger partial charge >= 0.3 is 0 Å². The number of hydrogen-bond donors (Lipinski definition) is 1. The minimum absolute atomic E-state index is 0.414. The number of thiocarbonyl (C=S) groups is 1. The Bertz CT molecular complexity index is 393. The number of benzene rings is 1. The van der Waals surface area contributed by atoms with Crippen LogP contribution in [0, 0.1) is 0 Å². The molecule has 3 nitrogen and oxygen atoms in total. The summed E-state index contributed by atoms with van der Waals surface area (Å²) in [5.41, 5.74) is 6.42. The van der Waals surface area contributed by atoms with E-state index >= 15 is 0 Å². The Morgan fingerprint density at radius 1 is 1.16 bits per heavy atom. The fourth-order valence-corrected chi connectivity index (χ4v) is 2.23. The van der Waals surface area contributed by atoms with Gasteiger partial charge in [0.05, 0.1) is 0 Å². The number of rotatable bonds is 7. The first-order valence-corrected chi connectivity index (χ1v) is 7.11. The number of hydrogen-bond acceptors (Lipinski definition) is 3. The van der Waals surface area contributed by atoms with Crippen LogP contribution in [0.2, 0.25) is 0 Å². The maximum atomic E-state index is 5.75. The number of nitrogens with two attached hydrogens (primary N) is 1. The van der Waals surface area contributed by atoms with Gasteiger partial charge in [0.2, 0.25) is 0 Å². The summed E-state index contributed by atoms with van der Waals surface area (Å²) >= 11 is 4.91. The highest BCUT2D eigenvalue weighted by atomic mass is 32.1. The van der Waals surface area contributed by atoms with E-state index in [0.29, 0.717) is 23.7 Å². The molecular formula is C15H24N2OS. The zero-order valence-corrected chi connectivity index (χ0v) is 13.0. The highest BCUT2D eigenvalue weighted by molar-refractivity contribution is 7.80. The normalized spacial score (nSPS) is 11.3. The van der Waals surface area contributed by atoms with Crippen LogP contribution in [0.3, 0.4) is 0 Å². The van der Waals surface area contributed by atoms with Crippen molar-refractivity contribution >= 4 is 17.2 Å². The van der Waals surface area contributed by atoms with E-state index in [9.17, 15) is 0 Å². The van der Waals surface area contributed by atoms with E-state index < -0.39 is 0 Å². The summed E-state index contributed by atoms with van der Waals surface area (Å²) in [6, 6.07) is 8.65. The Morgan fingerprint density at radius 3 is 2.11 bits per heavy atom. The second kappa shape index (κ2) is 7.46. The van der Waals surface area contributed by atoms with Gasteiger partial charge in [-0.1, -0.05) is 12.2 Å². The minimum atomic E-state index is 0.414. The second-order valence-corrected chi connectivity index (χ2v) is 5.60. The summed E-state index contributed by atoms with van der Waals surface area (Å²) in [4.78, 5) is 2.82. The fourth-order valence-electron chi connectivity index (χ4n) is 2.10. The van der Waals surface area contributed by atoms with E-state index in [1.165, 1.54) is 0 Å². The first kappa shape index (κ1) is 15.9.